The Labute approximate surface area is 187 Å². The van der Waals surface area contributed by atoms with Crippen LogP contribution in [0.15, 0.2) is 97.1 Å². The molecule has 0 aromatic heterocycles. The minimum absolute atomic E-state index is 0.764. The molecule has 0 aliphatic carbocycles. The Morgan fingerprint density at radius 2 is 0.655 bits per heavy atom. The average Bonchev–Trinajstić information content (AvgIpc) is 2.73. The molecule has 0 atom stereocenters. The van der Waals surface area contributed by atoms with Crippen molar-refractivity contribution in [3.63, 3.8) is 0 Å². The summed E-state index contributed by atoms with van der Waals surface area (Å²) in [6.45, 7) is 4.28. The summed E-state index contributed by atoms with van der Waals surface area (Å²) in [4.78, 5) is 0. The van der Waals surface area contributed by atoms with E-state index >= 15 is 0 Å². The summed E-state index contributed by atoms with van der Waals surface area (Å²) in [6, 6.07) is 35.1. The van der Waals surface area contributed by atoms with E-state index in [-0.39, 0.29) is 0 Å². The van der Waals surface area contributed by atoms with Crippen LogP contribution in [-0.2, 0) is 0 Å². The number of rotatable bonds is 4. The van der Waals surface area contributed by atoms with Crippen LogP contribution in [0, 0.1) is 13.8 Å². The third kappa shape index (κ3) is 4.03. The van der Waals surface area contributed by atoms with Crippen LogP contribution in [0.1, 0.15) is 11.1 Å². The number of benzene rings is 4. The molecule has 4 aromatic carbocycles. The summed E-state index contributed by atoms with van der Waals surface area (Å²) < 4.78 is 5.63. The normalized spacial score (nSPS) is 11.4. The second kappa shape index (κ2) is 8.63. The first-order valence-corrected chi connectivity index (χ1v) is 18.2. The van der Waals surface area contributed by atoms with Crippen molar-refractivity contribution >= 4 is 56.9 Å². The van der Waals surface area contributed by atoms with Crippen LogP contribution in [-0.4, -0.2) is 21.2 Å². The van der Waals surface area contributed by atoms with Gasteiger partial charge in [0.1, 0.15) is 0 Å². The summed E-state index contributed by atoms with van der Waals surface area (Å²) in [5.74, 6) is 0. The molecule has 0 heterocycles. The van der Waals surface area contributed by atoms with Crippen LogP contribution in [0.3, 0.4) is 0 Å². The van der Waals surface area contributed by atoms with E-state index in [0.717, 1.165) is 10.0 Å². The first kappa shape index (κ1) is 20.6. The monoisotopic (exact) mass is 612 g/mol. The van der Waals surface area contributed by atoms with Gasteiger partial charge >= 0.3 is 189 Å². The maximum atomic E-state index is 6.27. The van der Waals surface area contributed by atoms with E-state index in [9.17, 15) is 0 Å². The van der Waals surface area contributed by atoms with Crippen molar-refractivity contribution in [2.24, 2.45) is 0 Å². The molecule has 0 unspecified atom stereocenters. The van der Waals surface area contributed by atoms with Gasteiger partial charge in [0.05, 0.1) is 0 Å². The predicted octanol–water partition coefficient (Wildman–Crippen LogP) is 4.99. The molecule has 0 spiro atoms. The minimum atomic E-state index is -3.73. The molecule has 4 rings (SSSR count). The standard InChI is InChI=1S/2C7H7.2C6H4Cl.Pb/c2*1-7-5-3-2-4-6-7;2*7-6-4-2-1-3-5-6;/h2*3-6H,1H3;2*2-5H;. The fraction of sp³-hybridized carbons (Fsp3) is 0.0769. The van der Waals surface area contributed by atoms with Crippen molar-refractivity contribution in [1.29, 1.82) is 0 Å². The molecule has 3 heteroatoms. The summed E-state index contributed by atoms with van der Waals surface area (Å²) in [5, 5.41) is 1.53. The molecule has 144 valence electrons. The molecule has 0 nitrogen and oxygen atoms in total. The fourth-order valence-corrected chi connectivity index (χ4v) is 22.4. The van der Waals surface area contributed by atoms with Crippen LogP contribution in [0.25, 0.3) is 0 Å². The van der Waals surface area contributed by atoms with Crippen molar-refractivity contribution in [1.82, 2.24) is 0 Å². The molecule has 0 radical (unpaired) electrons. The Kier molecular flexibility index (Phi) is 6.14. The van der Waals surface area contributed by atoms with Crippen molar-refractivity contribution in [3.05, 3.63) is 118 Å². The first-order valence-electron chi connectivity index (χ1n) is 9.66. The van der Waals surface area contributed by atoms with Crippen LogP contribution >= 0.6 is 23.2 Å². The Morgan fingerprint density at radius 3 is 0.931 bits per heavy atom. The topological polar surface area (TPSA) is 0 Å². The van der Waals surface area contributed by atoms with E-state index in [1.54, 1.807) is 0 Å². The molecule has 0 bridgehead atoms. The number of hydrogen-bond donors (Lipinski definition) is 0. The molecule has 0 saturated heterocycles. The van der Waals surface area contributed by atoms with E-state index in [1.165, 1.54) is 23.6 Å². The van der Waals surface area contributed by atoms with Crippen LogP contribution in [0.4, 0.5) is 0 Å². The molecular formula is C26H22Cl2Pb. The van der Waals surface area contributed by atoms with E-state index in [2.05, 4.69) is 86.6 Å². The zero-order valence-electron chi connectivity index (χ0n) is 16.5. The molecule has 0 aliphatic rings. The molecule has 0 fully saturated rings. The predicted molar refractivity (Wildman–Crippen MR) is 130 cm³/mol. The maximum absolute atomic E-state index is 6.27. The number of aryl methyl sites for hydroxylation is 2. The van der Waals surface area contributed by atoms with Gasteiger partial charge in [0.15, 0.2) is 0 Å². The van der Waals surface area contributed by atoms with Crippen LogP contribution in [0.5, 0.6) is 0 Å². The molecule has 0 N–H and O–H groups in total. The SMILES string of the molecule is Cc1cc[c]([Pb]([c]2ccc(C)cc2)([c]2ccc(Cl)cc2)[c]2ccc(Cl)cc2)cc1. The second-order valence-electron chi connectivity index (χ2n) is 7.50. The number of hydrogen-bond acceptors (Lipinski definition) is 0. The summed E-state index contributed by atoms with van der Waals surface area (Å²) in [7, 11) is 0. The van der Waals surface area contributed by atoms with Gasteiger partial charge in [0, 0.05) is 0 Å². The van der Waals surface area contributed by atoms with E-state index < -0.39 is 21.2 Å². The van der Waals surface area contributed by atoms with E-state index in [4.69, 9.17) is 23.2 Å². The van der Waals surface area contributed by atoms with Gasteiger partial charge in [-0.3, -0.25) is 0 Å². The van der Waals surface area contributed by atoms with E-state index in [1.807, 2.05) is 24.3 Å². The van der Waals surface area contributed by atoms with Gasteiger partial charge < -0.3 is 0 Å². The van der Waals surface area contributed by atoms with Gasteiger partial charge in [-0.2, -0.15) is 0 Å². The summed E-state index contributed by atoms with van der Waals surface area (Å²) in [6.07, 6.45) is 0. The molecule has 0 amide bonds. The molecule has 0 aliphatic heterocycles. The zero-order valence-corrected chi connectivity index (χ0v) is 21.9. The molecular weight excluding hydrogens is 590 g/mol. The Hall–Kier alpha value is -1.62. The fourth-order valence-electron chi connectivity index (χ4n) is 4.01. The summed E-state index contributed by atoms with van der Waals surface area (Å²) in [5.41, 5.74) is 2.54. The van der Waals surface area contributed by atoms with Crippen molar-refractivity contribution < 1.29 is 0 Å². The van der Waals surface area contributed by atoms with E-state index in [0.29, 0.717) is 0 Å². The van der Waals surface area contributed by atoms with Crippen molar-refractivity contribution in [2.45, 2.75) is 13.8 Å². The van der Waals surface area contributed by atoms with Gasteiger partial charge in [0.2, 0.25) is 0 Å². The number of halogens is 2. The van der Waals surface area contributed by atoms with Crippen LogP contribution in [0.2, 0.25) is 10.0 Å². The van der Waals surface area contributed by atoms with Gasteiger partial charge in [-0.25, -0.2) is 0 Å². The third-order valence-corrected chi connectivity index (χ3v) is 24.7. The van der Waals surface area contributed by atoms with Gasteiger partial charge in [-0.15, -0.1) is 0 Å². The van der Waals surface area contributed by atoms with Gasteiger partial charge in [-0.1, -0.05) is 0 Å². The molecule has 0 saturated carbocycles. The Morgan fingerprint density at radius 1 is 0.414 bits per heavy atom. The quantitative estimate of drug-likeness (QED) is 0.285. The van der Waals surface area contributed by atoms with Gasteiger partial charge in [0.25, 0.3) is 0 Å². The first-order chi connectivity index (χ1) is 14.0. The molecule has 29 heavy (non-hydrogen) atoms. The average molecular weight is 613 g/mol. The van der Waals surface area contributed by atoms with Crippen molar-refractivity contribution in [3.8, 4) is 0 Å². The van der Waals surface area contributed by atoms with Crippen LogP contribution < -0.4 is 12.5 Å². The zero-order chi connectivity index (χ0) is 20.4. The Balaban J connectivity index is 2.11. The Bertz CT molecular complexity index is 910. The summed E-state index contributed by atoms with van der Waals surface area (Å²) >= 11 is 8.81. The van der Waals surface area contributed by atoms with Crippen molar-refractivity contribution in [2.75, 3.05) is 0 Å². The molecule has 4 aromatic rings. The second-order valence-corrected chi connectivity index (χ2v) is 23.2. The van der Waals surface area contributed by atoms with Gasteiger partial charge in [-0.05, 0) is 0 Å². The third-order valence-electron chi connectivity index (χ3n) is 5.52.